The molecular weight excluding hydrogens is 190 g/mol. The molecule has 0 radical (unpaired) electrons. The van der Waals surface area contributed by atoms with Crippen LogP contribution in [0.15, 0.2) is 4.99 Å². The van der Waals surface area contributed by atoms with E-state index in [4.69, 9.17) is 0 Å². The van der Waals surface area contributed by atoms with Crippen molar-refractivity contribution in [2.45, 2.75) is 65.3 Å². The van der Waals surface area contributed by atoms with Crippen molar-refractivity contribution >= 4 is 17.4 Å². The smallest absolute Gasteiger partial charge is 0.0600 e. The van der Waals surface area contributed by atoms with E-state index < -0.39 is 0 Å². The van der Waals surface area contributed by atoms with Crippen molar-refractivity contribution in [3.8, 4) is 0 Å². The maximum Gasteiger partial charge on any atom is 0.0600 e. The Morgan fingerprint density at radius 2 is 1.93 bits per heavy atom. The zero-order chi connectivity index (χ0) is 10.8. The molecule has 0 spiro atoms. The zero-order valence-electron chi connectivity index (χ0n) is 9.75. The van der Waals surface area contributed by atoms with E-state index in [1.165, 1.54) is 32.1 Å². The van der Waals surface area contributed by atoms with Gasteiger partial charge in [-0.3, -0.25) is 0 Å². The number of hydrogen-bond donors (Lipinski definition) is 0. The van der Waals surface area contributed by atoms with E-state index in [2.05, 4.69) is 43.1 Å². The van der Waals surface area contributed by atoms with Crippen molar-refractivity contribution in [3.63, 3.8) is 0 Å². The van der Waals surface area contributed by atoms with Gasteiger partial charge in [0, 0.05) is 0 Å². The maximum atomic E-state index is 4.63. The van der Waals surface area contributed by atoms with Crippen LogP contribution < -0.4 is 0 Å². The molecular formula is C12H23NS. The number of unbranched alkanes of at least 4 members (excludes halogenated alkanes) is 1. The monoisotopic (exact) mass is 213 g/mol. The first-order valence-corrected chi connectivity index (χ1v) is 6.22. The highest BCUT2D eigenvalue weighted by atomic mass is 32.1. The molecule has 0 rings (SSSR count). The number of thiocarbonyl (C=S) groups is 1. The summed E-state index contributed by atoms with van der Waals surface area (Å²) in [5.74, 6) is 0.837. The van der Waals surface area contributed by atoms with Gasteiger partial charge in [0.2, 0.25) is 0 Å². The van der Waals surface area contributed by atoms with E-state index in [9.17, 15) is 0 Å². The molecule has 82 valence electrons. The second-order valence-corrected chi connectivity index (χ2v) is 4.29. The van der Waals surface area contributed by atoms with Crippen molar-refractivity contribution in [2.24, 2.45) is 10.9 Å². The molecule has 2 atom stereocenters. The van der Waals surface area contributed by atoms with Crippen molar-refractivity contribution < 1.29 is 0 Å². The molecule has 0 bridgehead atoms. The first-order valence-electron chi connectivity index (χ1n) is 5.81. The highest BCUT2D eigenvalue weighted by molar-refractivity contribution is 7.78. The van der Waals surface area contributed by atoms with Crippen molar-refractivity contribution in [1.82, 2.24) is 0 Å². The first-order chi connectivity index (χ1) is 6.74. The molecule has 2 heteroatoms. The summed E-state index contributed by atoms with van der Waals surface area (Å²) in [4.78, 5) is 4.16. The highest BCUT2D eigenvalue weighted by Crippen LogP contribution is 2.17. The fraction of sp³-hybridized carbons (Fsp3) is 0.917. The van der Waals surface area contributed by atoms with Gasteiger partial charge in [-0.1, -0.05) is 40.0 Å². The molecule has 0 aliphatic carbocycles. The average molecular weight is 213 g/mol. The van der Waals surface area contributed by atoms with Crippen molar-refractivity contribution in [2.75, 3.05) is 0 Å². The molecule has 0 aromatic heterocycles. The Bertz CT molecular complexity index is 173. The summed E-state index contributed by atoms with van der Waals surface area (Å²) in [6.07, 6.45) is 7.55. The van der Waals surface area contributed by atoms with Crippen LogP contribution in [0.25, 0.3) is 0 Å². The number of hydrogen-bond acceptors (Lipinski definition) is 2. The lowest BCUT2D eigenvalue weighted by Crippen LogP contribution is -2.05. The molecule has 0 saturated heterocycles. The lowest BCUT2D eigenvalue weighted by molar-refractivity contribution is 0.428. The Morgan fingerprint density at radius 1 is 1.21 bits per heavy atom. The second-order valence-electron chi connectivity index (χ2n) is 4.11. The number of aliphatic imine (C=N–C) groups is 1. The average Bonchev–Trinajstić information content (AvgIpc) is 2.21. The van der Waals surface area contributed by atoms with Crippen LogP contribution in [-0.4, -0.2) is 11.2 Å². The molecule has 0 amide bonds. The topological polar surface area (TPSA) is 12.4 Å². The zero-order valence-corrected chi connectivity index (χ0v) is 10.6. The maximum absolute atomic E-state index is 4.63. The minimum Gasteiger partial charge on any atom is -0.229 e. The molecule has 2 unspecified atom stereocenters. The van der Waals surface area contributed by atoms with Gasteiger partial charge >= 0.3 is 0 Å². The SMILES string of the molecule is CCCCC(C)CCC(CC)N=C=S. The van der Waals surface area contributed by atoms with E-state index in [-0.39, 0.29) is 0 Å². The van der Waals surface area contributed by atoms with Gasteiger partial charge in [0.1, 0.15) is 0 Å². The third-order valence-corrected chi connectivity index (χ3v) is 2.86. The highest BCUT2D eigenvalue weighted by Gasteiger charge is 2.07. The summed E-state index contributed by atoms with van der Waals surface area (Å²) in [5, 5.41) is 2.49. The summed E-state index contributed by atoms with van der Waals surface area (Å²) >= 11 is 4.63. The fourth-order valence-corrected chi connectivity index (χ4v) is 1.76. The van der Waals surface area contributed by atoms with Gasteiger partial charge in [-0.25, -0.2) is 4.99 Å². The molecule has 14 heavy (non-hydrogen) atoms. The molecule has 0 fully saturated rings. The number of nitrogens with zero attached hydrogens (tertiary/aromatic N) is 1. The quantitative estimate of drug-likeness (QED) is 0.428. The summed E-state index contributed by atoms with van der Waals surface area (Å²) < 4.78 is 0. The van der Waals surface area contributed by atoms with E-state index in [0.29, 0.717) is 6.04 Å². The lowest BCUT2D eigenvalue weighted by Gasteiger charge is -2.13. The third-order valence-electron chi connectivity index (χ3n) is 2.75. The summed E-state index contributed by atoms with van der Waals surface area (Å²) in [5.41, 5.74) is 0. The Hall–Kier alpha value is -0.200. The molecule has 0 aliphatic rings. The Balaban J connectivity index is 3.62. The number of rotatable bonds is 8. The van der Waals surface area contributed by atoms with Gasteiger partial charge in [-0.05, 0) is 37.4 Å². The van der Waals surface area contributed by atoms with Crippen molar-refractivity contribution in [3.05, 3.63) is 0 Å². The van der Waals surface area contributed by atoms with Gasteiger partial charge in [0.05, 0.1) is 11.2 Å². The molecule has 0 saturated carbocycles. The van der Waals surface area contributed by atoms with Crippen LogP contribution in [0.2, 0.25) is 0 Å². The third kappa shape index (κ3) is 7.23. The van der Waals surface area contributed by atoms with Crippen LogP contribution in [-0.2, 0) is 0 Å². The normalized spacial score (nSPS) is 14.5. The molecule has 0 aromatic carbocycles. The number of isothiocyanates is 1. The summed E-state index contributed by atoms with van der Waals surface area (Å²) in [6, 6.07) is 0.413. The first kappa shape index (κ1) is 13.8. The van der Waals surface area contributed by atoms with E-state index in [1.54, 1.807) is 0 Å². The minimum atomic E-state index is 0.413. The standard InChI is InChI=1S/C12H23NS/c1-4-6-7-11(3)8-9-12(5-2)13-10-14/h11-12H,4-9H2,1-3H3. The van der Waals surface area contributed by atoms with Crippen LogP contribution in [0.1, 0.15) is 59.3 Å². The van der Waals surface area contributed by atoms with Crippen LogP contribution in [0.5, 0.6) is 0 Å². The Kier molecular flexibility index (Phi) is 9.23. The van der Waals surface area contributed by atoms with Gasteiger partial charge < -0.3 is 0 Å². The Labute approximate surface area is 94.0 Å². The van der Waals surface area contributed by atoms with Crippen LogP contribution in [0, 0.1) is 5.92 Å². The Morgan fingerprint density at radius 3 is 2.43 bits per heavy atom. The minimum absolute atomic E-state index is 0.413. The molecule has 0 aromatic rings. The van der Waals surface area contributed by atoms with Crippen LogP contribution >= 0.6 is 12.2 Å². The molecule has 0 N–H and O–H groups in total. The lowest BCUT2D eigenvalue weighted by atomic mass is 9.96. The molecule has 1 nitrogen and oxygen atoms in total. The van der Waals surface area contributed by atoms with E-state index in [1.807, 2.05) is 0 Å². The van der Waals surface area contributed by atoms with Crippen LogP contribution in [0.4, 0.5) is 0 Å². The summed E-state index contributed by atoms with van der Waals surface area (Å²) in [7, 11) is 0. The molecule has 0 aliphatic heterocycles. The van der Waals surface area contributed by atoms with Gasteiger partial charge in [0.15, 0.2) is 0 Å². The predicted molar refractivity (Wildman–Crippen MR) is 67.0 cm³/mol. The summed E-state index contributed by atoms with van der Waals surface area (Å²) in [6.45, 7) is 6.75. The fourth-order valence-electron chi connectivity index (χ4n) is 1.61. The largest absolute Gasteiger partial charge is 0.229 e. The van der Waals surface area contributed by atoms with Crippen molar-refractivity contribution in [1.29, 1.82) is 0 Å². The van der Waals surface area contributed by atoms with E-state index in [0.717, 1.165) is 12.3 Å². The second kappa shape index (κ2) is 9.36. The van der Waals surface area contributed by atoms with Gasteiger partial charge in [-0.2, -0.15) is 0 Å². The molecule has 0 heterocycles. The van der Waals surface area contributed by atoms with Gasteiger partial charge in [-0.15, -0.1) is 0 Å². The van der Waals surface area contributed by atoms with Crippen LogP contribution in [0.3, 0.4) is 0 Å². The van der Waals surface area contributed by atoms with E-state index >= 15 is 0 Å². The predicted octanol–water partition coefficient (Wildman–Crippen LogP) is 4.47. The van der Waals surface area contributed by atoms with Gasteiger partial charge in [0.25, 0.3) is 0 Å².